The van der Waals surface area contributed by atoms with Gasteiger partial charge in [0.25, 0.3) is 0 Å². The molecule has 0 unspecified atom stereocenters. The highest BCUT2D eigenvalue weighted by Gasteiger charge is 2.22. The van der Waals surface area contributed by atoms with E-state index in [1.165, 1.54) is 0 Å². The zero-order valence-electron chi connectivity index (χ0n) is 16.8. The molecule has 0 aliphatic carbocycles. The van der Waals surface area contributed by atoms with E-state index in [9.17, 15) is 4.79 Å². The maximum absolute atomic E-state index is 12.1. The van der Waals surface area contributed by atoms with Crippen LogP contribution < -0.4 is 14.2 Å². The van der Waals surface area contributed by atoms with Crippen molar-refractivity contribution in [3.05, 3.63) is 76.5 Å². The van der Waals surface area contributed by atoms with E-state index < -0.39 is 0 Å². The van der Waals surface area contributed by atoms with E-state index in [1.807, 2.05) is 25.1 Å². The summed E-state index contributed by atoms with van der Waals surface area (Å²) < 4.78 is 17.1. The number of nitrogens with zero attached hydrogens (tertiary/aromatic N) is 2. The van der Waals surface area contributed by atoms with Gasteiger partial charge < -0.3 is 14.2 Å². The third kappa shape index (κ3) is 3.83. The predicted octanol–water partition coefficient (Wildman–Crippen LogP) is 4.62. The van der Waals surface area contributed by atoms with E-state index in [1.54, 1.807) is 37.6 Å². The summed E-state index contributed by atoms with van der Waals surface area (Å²) in [5, 5.41) is 9.07. The lowest BCUT2D eigenvalue weighted by Gasteiger charge is -2.20. The summed E-state index contributed by atoms with van der Waals surface area (Å²) in [6.07, 6.45) is 2.69. The quantitative estimate of drug-likeness (QED) is 0.622. The molecule has 0 saturated heterocycles. The molecule has 30 heavy (non-hydrogen) atoms. The van der Waals surface area contributed by atoms with Crippen LogP contribution in [0.3, 0.4) is 0 Å². The van der Waals surface area contributed by atoms with Crippen LogP contribution in [0.1, 0.15) is 39.0 Å². The summed E-state index contributed by atoms with van der Waals surface area (Å²) in [5.74, 6) is 2.39. The molecule has 1 aliphatic heterocycles. The van der Waals surface area contributed by atoms with Gasteiger partial charge in [-0.3, -0.25) is 4.79 Å². The molecule has 1 aromatic heterocycles. The highest BCUT2D eigenvalue weighted by molar-refractivity contribution is 6.00. The second-order valence-electron chi connectivity index (χ2n) is 7.01. The number of Topliss-reactive ketones (excluding diaryl/α,β-unsaturated/α-hetero) is 1. The molecule has 2 heterocycles. The molecular weight excluding hydrogens is 380 g/mol. The van der Waals surface area contributed by atoms with Gasteiger partial charge in [0.1, 0.15) is 17.2 Å². The monoisotopic (exact) mass is 400 g/mol. The van der Waals surface area contributed by atoms with Gasteiger partial charge in [0.15, 0.2) is 5.78 Å². The molecule has 0 fully saturated rings. The molecule has 0 saturated carbocycles. The van der Waals surface area contributed by atoms with Crippen LogP contribution in [0.5, 0.6) is 23.1 Å². The van der Waals surface area contributed by atoms with Crippen molar-refractivity contribution in [2.45, 2.75) is 19.8 Å². The van der Waals surface area contributed by atoms with Crippen molar-refractivity contribution in [1.82, 2.24) is 4.98 Å². The van der Waals surface area contributed by atoms with E-state index in [0.717, 1.165) is 16.7 Å². The minimum Gasteiger partial charge on any atom is -0.496 e. The Morgan fingerprint density at radius 1 is 1.17 bits per heavy atom. The van der Waals surface area contributed by atoms with Crippen LogP contribution in [-0.4, -0.2) is 24.5 Å². The van der Waals surface area contributed by atoms with Gasteiger partial charge in [0.2, 0.25) is 5.88 Å². The Morgan fingerprint density at radius 2 is 2.03 bits per heavy atom. The number of fused-ring (bicyclic) bond motifs is 1. The average molecular weight is 400 g/mol. The largest absolute Gasteiger partial charge is 0.496 e. The van der Waals surface area contributed by atoms with E-state index in [-0.39, 0.29) is 5.78 Å². The standard InChI is InChI=1S/C24H20N2O4/c1-15-21(6-5-19-20(27)8-10-29-24(15)19)30-23-13-16(7-9-26-23)11-18-4-3-17(14-25)12-22(18)28-2/h3-7,9,12-13H,8,10-11H2,1-2H3. The molecule has 2 aromatic carbocycles. The molecular formula is C24H20N2O4. The average Bonchev–Trinajstić information content (AvgIpc) is 2.77. The van der Waals surface area contributed by atoms with E-state index in [2.05, 4.69) is 11.1 Å². The van der Waals surface area contributed by atoms with Gasteiger partial charge in [-0.25, -0.2) is 4.98 Å². The third-order valence-electron chi connectivity index (χ3n) is 5.06. The summed E-state index contributed by atoms with van der Waals surface area (Å²) in [6.45, 7) is 2.26. The lowest BCUT2D eigenvalue weighted by atomic mass is 10.0. The van der Waals surface area contributed by atoms with Gasteiger partial charge in [0, 0.05) is 30.7 Å². The molecule has 4 rings (SSSR count). The SMILES string of the molecule is COc1cc(C#N)ccc1Cc1ccnc(Oc2ccc3c(c2C)OCCC3=O)c1. The Morgan fingerprint density at radius 3 is 2.83 bits per heavy atom. The Bertz CT molecular complexity index is 1160. The van der Waals surface area contributed by atoms with Crippen LogP contribution >= 0.6 is 0 Å². The zero-order valence-corrected chi connectivity index (χ0v) is 16.8. The van der Waals surface area contributed by atoms with Gasteiger partial charge in [-0.15, -0.1) is 0 Å². The summed E-state index contributed by atoms with van der Waals surface area (Å²) in [5.41, 5.74) is 3.88. The Kier molecular flexibility index (Phi) is 5.36. The second-order valence-corrected chi connectivity index (χ2v) is 7.01. The first-order valence-corrected chi connectivity index (χ1v) is 9.58. The van der Waals surface area contributed by atoms with Gasteiger partial charge in [-0.05, 0) is 48.4 Å². The van der Waals surface area contributed by atoms with Crippen molar-refractivity contribution in [2.75, 3.05) is 13.7 Å². The molecule has 150 valence electrons. The number of nitriles is 1. The van der Waals surface area contributed by atoms with Gasteiger partial charge >= 0.3 is 0 Å². The van der Waals surface area contributed by atoms with Crippen LogP contribution in [0, 0.1) is 18.3 Å². The molecule has 3 aromatic rings. The number of ketones is 1. The summed E-state index contributed by atoms with van der Waals surface area (Å²) in [4.78, 5) is 16.4. The highest BCUT2D eigenvalue weighted by Crippen LogP contribution is 2.36. The summed E-state index contributed by atoms with van der Waals surface area (Å²) >= 11 is 0. The van der Waals surface area contributed by atoms with E-state index >= 15 is 0 Å². The topological polar surface area (TPSA) is 81.4 Å². The molecule has 0 N–H and O–H groups in total. The number of benzene rings is 2. The molecule has 6 nitrogen and oxygen atoms in total. The predicted molar refractivity (Wildman–Crippen MR) is 110 cm³/mol. The molecule has 0 amide bonds. The fraction of sp³-hybridized carbons (Fsp3) is 0.208. The Hall–Kier alpha value is -3.85. The molecule has 6 heteroatoms. The fourth-order valence-corrected chi connectivity index (χ4v) is 3.48. The van der Waals surface area contributed by atoms with E-state index in [0.29, 0.717) is 53.7 Å². The summed E-state index contributed by atoms with van der Waals surface area (Å²) in [7, 11) is 1.59. The van der Waals surface area contributed by atoms with Crippen molar-refractivity contribution >= 4 is 5.78 Å². The first kappa shape index (κ1) is 19.5. The van der Waals surface area contributed by atoms with Crippen LogP contribution in [0.25, 0.3) is 0 Å². The lowest BCUT2D eigenvalue weighted by Crippen LogP contribution is -2.16. The van der Waals surface area contributed by atoms with Crippen molar-refractivity contribution in [3.8, 4) is 29.2 Å². The third-order valence-corrected chi connectivity index (χ3v) is 5.06. The highest BCUT2D eigenvalue weighted by atomic mass is 16.5. The molecule has 0 radical (unpaired) electrons. The number of hydrogen-bond acceptors (Lipinski definition) is 6. The number of rotatable bonds is 5. The summed E-state index contributed by atoms with van der Waals surface area (Å²) in [6, 6.07) is 14.8. The maximum Gasteiger partial charge on any atom is 0.219 e. The number of hydrogen-bond donors (Lipinski definition) is 0. The fourth-order valence-electron chi connectivity index (χ4n) is 3.48. The number of carbonyl (C=O) groups is 1. The number of aromatic nitrogens is 1. The number of pyridine rings is 1. The van der Waals surface area contributed by atoms with Crippen LogP contribution in [0.2, 0.25) is 0 Å². The first-order valence-electron chi connectivity index (χ1n) is 9.58. The van der Waals surface area contributed by atoms with Crippen LogP contribution in [-0.2, 0) is 6.42 Å². The Labute approximate surface area is 174 Å². The van der Waals surface area contributed by atoms with Crippen LogP contribution in [0.4, 0.5) is 0 Å². The van der Waals surface area contributed by atoms with Crippen molar-refractivity contribution in [2.24, 2.45) is 0 Å². The molecule has 1 aliphatic rings. The van der Waals surface area contributed by atoms with Gasteiger partial charge in [-0.2, -0.15) is 5.26 Å². The number of carbonyl (C=O) groups excluding carboxylic acids is 1. The smallest absolute Gasteiger partial charge is 0.219 e. The number of methoxy groups -OCH3 is 1. The second kappa shape index (κ2) is 8.26. The van der Waals surface area contributed by atoms with Gasteiger partial charge in [0.05, 0.1) is 30.9 Å². The van der Waals surface area contributed by atoms with Crippen LogP contribution in [0.15, 0.2) is 48.7 Å². The molecule has 0 spiro atoms. The van der Waals surface area contributed by atoms with E-state index in [4.69, 9.17) is 19.5 Å². The zero-order chi connectivity index (χ0) is 21.1. The minimum atomic E-state index is 0.0855. The molecule has 0 atom stereocenters. The van der Waals surface area contributed by atoms with Crippen molar-refractivity contribution in [1.29, 1.82) is 5.26 Å². The normalized spacial score (nSPS) is 12.5. The minimum absolute atomic E-state index is 0.0855. The molecule has 0 bridgehead atoms. The lowest BCUT2D eigenvalue weighted by molar-refractivity contribution is 0.0932. The van der Waals surface area contributed by atoms with Crippen molar-refractivity contribution < 1.29 is 19.0 Å². The maximum atomic E-state index is 12.1. The Balaban J connectivity index is 1.58. The number of ether oxygens (including phenoxy) is 3. The first-order chi connectivity index (χ1) is 14.6. The van der Waals surface area contributed by atoms with Gasteiger partial charge in [-0.1, -0.05) is 6.07 Å². The van der Waals surface area contributed by atoms with Crippen molar-refractivity contribution in [3.63, 3.8) is 0 Å².